The summed E-state index contributed by atoms with van der Waals surface area (Å²) in [4.78, 5) is 11.3. The first-order valence-corrected chi connectivity index (χ1v) is 6.24. The lowest BCUT2D eigenvalue weighted by molar-refractivity contribution is -0.125. The van der Waals surface area contributed by atoms with Crippen molar-refractivity contribution in [3.05, 3.63) is 0 Å². The predicted molar refractivity (Wildman–Crippen MR) is 53.5 cm³/mol. The maximum Gasteiger partial charge on any atom is 0.266 e. The predicted octanol–water partition coefficient (Wildman–Crippen LogP) is 0.427. The van der Waals surface area contributed by atoms with Gasteiger partial charge in [-0.05, 0) is 12.8 Å². The van der Waals surface area contributed by atoms with E-state index in [9.17, 15) is 13.2 Å². The first-order valence-electron chi connectivity index (χ1n) is 4.63. The maximum atomic E-state index is 11.3. The second kappa shape index (κ2) is 5.98. The Kier molecular flexibility index (Phi) is 5.71. The van der Waals surface area contributed by atoms with E-state index in [1.54, 1.807) is 0 Å². The number of amides is 1. The molecule has 0 atom stereocenters. The van der Waals surface area contributed by atoms with Gasteiger partial charge in [-0.1, -0.05) is 13.8 Å². The lowest BCUT2D eigenvalue weighted by Gasteiger charge is -2.11. The van der Waals surface area contributed by atoms with Crippen molar-refractivity contribution in [3.8, 4) is 0 Å². The second-order valence-corrected chi connectivity index (χ2v) is 4.66. The molecule has 0 heterocycles. The van der Waals surface area contributed by atoms with Crippen molar-refractivity contribution < 1.29 is 17.8 Å². The van der Waals surface area contributed by atoms with Gasteiger partial charge in [-0.25, -0.2) is 0 Å². The van der Waals surface area contributed by atoms with Crippen LogP contribution in [-0.4, -0.2) is 31.2 Å². The van der Waals surface area contributed by atoms with Crippen molar-refractivity contribution in [1.29, 1.82) is 0 Å². The normalized spacial score (nSPS) is 11.7. The fourth-order valence-corrected chi connectivity index (χ4v) is 1.47. The van der Waals surface area contributed by atoms with Crippen LogP contribution in [0, 0.1) is 5.92 Å². The summed E-state index contributed by atoms with van der Waals surface area (Å²) >= 11 is 0. The van der Waals surface area contributed by atoms with Crippen LogP contribution < -0.4 is 5.32 Å². The van der Waals surface area contributed by atoms with Gasteiger partial charge in [-0.15, -0.1) is 0 Å². The number of hydrogen-bond donors (Lipinski definition) is 2. The minimum Gasteiger partial charge on any atom is -0.355 e. The lowest BCUT2D eigenvalue weighted by atomic mass is 10.0. The number of nitrogens with one attached hydrogen (secondary N) is 1. The Hall–Kier alpha value is -0.620. The van der Waals surface area contributed by atoms with Crippen LogP contribution in [0.25, 0.3) is 0 Å². The van der Waals surface area contributed by atoms with Gasteiger partial charge in [-0.3, -0.25) is 9.35 Å². The molecule has 0 aromatic carbocycles. The Bertz CT molecular complexity index is 269. The summed E-state index contributed by atoms with van der Waals surface area (Å²) in [5, 5.41) is 2.46. The number of rotatable bonds is 6. The van der Waals surface area contributed by atoms with E-state index in [0.717, 1.165) is 12.8 Å². The van der Waals surface area contributed by atoms with Gasteiger partial charge in [0.15, 0.2) is 0 Å². The van der Waals surface area contributed by atoms with Gasteiger partial charge in [0.05, 0.1) is 5.75 Å². The molecule has 0 saturated heterocycles. The fraction of sp³-hybridized carbons (Fsp3) is 0.875. The Morgan fingerprint density at radius 3 is 2.21 bits per heavy atom. The van der Waals surface area contributed by atoms with Crippen molar-refractivity contribution in [2.24, 2.45) is 5.92 Å². The molecular formula is C8H17NO4S. The zero-order chi connectivity index (χ0) is 11.2. The Balaban J connectivity index is 3.85. The lowest BCUT2D eigenvalue weighted by Crippen LogP contribution is -2.33. The zero-order valence-corrected chi connectivity index (χ0v) is 9.30. The highest BCUT2D eigenvalue weighted by atomic mass is 32.2. The summed E-state index contributed by atoms with van der Waals surface area (Å²) in [6.07, 6.45) is 1.46. The number of carbonyl (C=O) groups is 1. The van der Waals surface area contributed by atoms with Crippen LogP contribution in [0.2, 0.25) is 0 Å². The molecule has 0 aliphatic heterocycles. The van der Waals surface area contributed by atoms with E-state index < -0.39 is 15.9 Å². The third-order valence-electron chi connectivity index (χ3n) is 2.02. The molecule has 0 fully saturated rings. The van der Waals surface area contributed by atoms with Gasteiger partial charge in [-0.2, -0.15) is 8.42 Å². The number of hydrogen-bond acceptors (Lipinski definition) is 3. The van der Waals surface area contributed by atoms with Crippen molar-refractivity contribution in [1.82, 2.24) is 5.32 Å². The minimum atomic E-state index is -3.97. The molecule has 0 aliphatic carbocycles. The second-order valence-electron chi connectivity index (χ2n) is 3.09. The van der Waals surface area contributed by atoms with Crippen LogP contribution >= 0.6 is 0 Å². The molecule has 0 aromatic rings. The first kappa shape index (κ1) is 13.4. The number of carbonyl (C=O) groups excluding carboxylic acids is 1. The van der Waals surface area contributed by atoms with Gasteiger partial charge in [0, 0.05) is 12.5 Å². The van der Waals surface area contributed by atoms with Crippen LogP contribution in [0.5, 0.6) is 0 Å². The standard InChI is InChI=1S/C8H17NO4S/c1-3-7(4-2)8(10)9-5-6-14(11,12)13/h7H,3-6H2,1-2H3,(H,9,10)(H,11,12,13). The Morgan fingerprint density at radius 2 is 1.86 bits per heavy atom. The van der Waals surface area contributed by atoms with Crippen LogP contribution in [0.1, 0.15) is 26.7 Å². The average Bonchev–Trinajstić information content (AvgIpc) is 2.04. The van der Waals surface area contributed by atoms with Gasteiger partial charge in [0.25, 0.3) is 10.1 Å². The van der Waals surface area contributed by atoms with E-state index in [-0.39, 0.29) is 18.4 Å². The van der Waals surface area contributed by atoms with Crippen molar-refractivity contribution in [2.75, 3.05) is 12.3 Å². The SMILES string of the molecule is CCC(CC)C(=O)NCCS(=O)(=O)O. The molecule has 2 N–H and O–H groups in total. The first-order chi connectivity index (χ1) is 6.40. The third-order valence-corrected chi connectivity index (χ3v) is 2.74. The van der Waals surface area contributed by atoms with E-state index >= 15 is 0 Å². The highest BCUT2D eigenvalue weighted by molar-refractivity contribution is 7.85. The molecule has 0 bridgehead atoms. The molecule has 0 aromatic heterocycles. The van der Waals surface area contributed by atoms with Crippen molar-refractivity contribution in [2.45, 2.75) is 26.7 Å². The molecule has 0 radical (unpaired) electrons. The van der Waals surface area contributed by atoms with E-state index in [0.29, 0.717) is 0 Å². The zero-order valence-electron chi connectivity index (χ0n) is 8.49. The van der Waals surface area contributed by atoms with E-state index in [1.165, 1.54) is 0 Å². The molecule has 0 unspecified atom stereocenters. The molecular weight excluding hydrogens is 206 g/mol. The van der Waals surface area contributed by atoms with Gasteiger partial charge in [0.2, 0.25) is 5.91 Å². The molecule has 84 valence electrons. The summed E-state index contributed by atoms with van der Waals surface area (Å²) in [6.45, 7) is 3.77. The molecule has 6 heteroatoms. The van der Waals surface area contributed by atoms with Crippen LogP contribution in [-0.2, 0) is 14.9 Å². The summed E-state index contributed by atoms with van der Waals surface area (Å²) in [6, 6.07) is 0. The quantitative estimate of drug-likeness (QED) is 0.639. The van der Waals surface area contributed by atoms with Gasteiger partial charge in [0.1, 0.15) is 0 Å². The molecule has 5 nitrogen and oxygen atoms in total. The monoisotopic (exact) mass is 223 g/mol. The average molecular weight is 223 g/mol. The van der Waals surface area contributed by atoms with Crippen LogP contribution in [0.4, 0.5) is 0 Å². The molecule has 0 rings (SSSR count). The minimum absolute atomic E-state index is 0.0336. The topological polar surface area (TPSA) is 83.5 Å². The smallest absolute Gasteiger partial charge is 0.266 e. The fourth-order valence-electron chi connectivity index (χ4n) is 1.11. The van der Waals surface area contributed by atoms with E-state index in [2.05, 4.69) is 5.32 Å². The summed E-state index contributed by atoms with van der Waals surface area (Å²) in [5.41, 5.74) is 0. The summed E-state index contributed by atoms with van der Waals surface area (Å²) < 4.78 is 29.1. The van der Waals surface area contributed by atoms with Gasteiger partial charge >= 0.3 is 0 Å². The molecule has 0 saturated carbocycles. The van der Waals surface area contributed by atoms with Gasteiger partial charge < -0.3 is 5.32 Å². The molecule has 0 aliphatic rings. The van der Waals surface area contributed by atoms with E-state index in [1.807, 2.05) is 13.8 Å². The maximum absolute atomic E-state index is 11.3. The van der Waals surface area contributed by atoms with Crippen LogP contribution in [0.3, 0.4) is 0 Å². The molecule has 1 amide bonds. The van der Waals surface area contributed by atoms with Crippen LogP contribution in [0.15, 0.2) is 0 Å². The third kappa shape index (κ3) is 5.93. The largest absolute Gasteiger partial charge is 0.355 e. The summed E-state index contributed by atoms with van der Waals surface area (Å²) in [7, 11) is -3.97. The highest BCUT2D eigenvalue weighted by Gasteiger charge is 2.14. The molecule has 0 spiro atoms. The molecule has 14 heavy (non-hydrogen) atoms. The summed E-state index contributed by atoms with van der Waals surface area (Å²) in [5.74, 6) is -0.658. The van der Waals surface area contributed by atoms with Crippen molar-refractivity contribution in [3.63, 3.8) is 0 Å². The highest BCUT2D eigenvalue weighted by Crippen LogP contribution is 2.06. The Morgan fingerprint density at radius 1 is 1.36 bits per heavy atom. The van der Waals surface area contributed by atoms with Crippen molar-refractivity contribution >= 4 is 16.0 Å². The van der Waals surface area contributed by atoms with E-state index in [4.69, 9.17) is 4.55 Å². The Labute approximate surface area is 84.6 Å².